The largest absolute Gasteiger partial charge is 0.493 e. The molecule has 1 heterocycles. The molecule has 0 aliphatic carbocycles. The number of hydrogen-bond donors (Lipinski definition) is 0. The van der Waals surface area contributed by atoms with E-state index in [1.54, 1.807) is 12.1 Å². The Hall–Kier alpha value is -2.66. The van der Waals surface area contributed by atoms with E-state index in [4.69, 9.17) is 4.74 Å². The van der Waals surface area contributed by atoms with Crippen LogP contribution in [0.5, 0.6) is 5.75 Å². The second-order valence-corrected chi connectivity index (χ2v) is 6.55. The highest BCUT2D eigenvalue weighted by Crippen LogP contribution is 2.12. The number of carbonyl (C=O) groups is 1. The predicted molar refractivity (Wildman–Crippen MR) is 105 cm³/mol. The van der Waals surface area contributed by atoms with Gasteiger partial charge < -0.3 is 9.64 Å². The second-order valence-electron chi connectivity index (χ2n) is 6.55. The van der Waals surface area contributed by atoms with Gasteiger partial charge in [0.2, 0.25) is 5.91 Å². The zero-order valence-electron chi connectivity index (χ0n) is 15.4. The maximum absolute atomic E-state index is 12.9. The average Bonchev–Trinajstić information content (AvgIpc) is 2.71. The predicted octanol–water partition coefficient (Wildman–Crippen LogP) is 3.45. The van der Waals surface area contributed by atoms with Crippen LogP contribution in [0.15, 0.2) is 60.7 Å². The first-order chi connectivity index (χ1) is 13.2. The van der Waals surface area contributed by atoms with Crippen molar-refractivity contribution in [2.24, 2.45) is 0 Å². The van der Waals surface area contributed by atoms with Crippen molar-refractivity contribution in [3.63, 3.8) is 0 Å². The average molecular weight is 368 g/mol. The molecular weight excluding hydrogens is 343 g/mol. The van der Waals surface area contributed by atoms with E-state index in [0.717, 1.165) is 32.7 Å². The molecule has 5 heteroatoms. The van der Waals surface area contributed by atoms with Crippen LogP contribution in [0.3, 0.4) is 0 Å². The Morgan fingerprint density at radius 3 is 2.41 bits per heavy atom. The smallest absolute Gasteiger partial charge is 0.226 e. The third-order valence-corrected chi connectivity index (χ3v) is 4.60. The van der Waals surface area contributed by atoms with Crippen molar-refractivity contribution >= 4 is 12.0 Å². The van der Waals surface area contributed by atoms with Gasteiger partial charge in [0, 0.05) is 32.7 Å². The number of amides is 1. The fourth-order valence-corrected chi connectivity index (χ4v) is 3.03. The monoisotopic (exact) mass is 368 g/mol. The summed E-state index contributed by atoms with van der Waals surface area (Å²) in [5.41, 5.74) is 1.20. The van der Waals surface area contributed by atoms with E-state index in [9.17, 15) is 9.18 Å². The third-order valence-electron chi connectivity index (χ3n) is 4.60. The zero-order valence-corrected chi connectivity index (χ0v) is 15.4. The molecule has 0 radical (unpaired) electrons. The first-order valence-corrected chi connectivity index (χ1v) is 9.31. The van der Waals surface area contributed by atoms with Crippen molar-refractivity contribution in [2.45, 2.75) is 6.42 Å². The lowest BCUT2D eigenvalue weighted by molar-refractivity contribution is -0.133. The molecule has 0 spiro atoms. The Morgan fingerprint density at radius 1 is 1.00 bits per heavy atom. The number of piperazine rings is 1. The van der Waals surface area contributed by atoms with Crippen LogP contribution in [0, 0.1) is 5.82 Å². The molecule has 1 amide bonds. The Kier molecular flexibility index (Phi) is 6.99. The SMILES string of the molecule is O=C(CCOc1ccc(F)cc1)N1CCN(C/C=C/c2ccccc2)CC1. The lowest BCUT2D eigenvalue weighted by Gasteiger charge is -2.34. The third kappa shape index (κ3) is 6.22. The molecule has 0 N–H and O–H groups in total. The normalized spacial score (nSPS) is 15.2. The van der Waals surface area contributed by atoms with Crippen LogP contribution in [-0.2, 0) is 4.79 Å². The number of carbonyl (C=O) groups excluding carboxylic acids is 1. The molecule has 0 unspecified atom stereocenters. The highest BCUT2D eigenvalue weighted by molar-refractivity contribution is 5.76. The quantitative estimate of drug-likeness (QED) is 0.750. The van der Waals surface area contributed by atoms with Gasteiger partial charge in [0.05, 0.1) is 13.0 Å². The standard InChI is InChI=1S/C22H25FN2O2/c23-20-8-10-21(11-9-20)27-18-12-22(26)25-16-14-24(15-17-25)13-4-7-19-5-2-1-3-6-19/h1-11H,12-18H2/b7-4+. The van der Waals surface area contributed by atoms with Crippen LogP contribution in [-0.4, -0.2) is 55.0 Å². The van der Waals surface area contributed by atoms with E-state index >= 15 is 0 Å². The van der Waals surface area contributed by atoms with Crippen molar-refractivity contribution in [1.82, 2.24) is 9.80 Å². The van der Waals surface area contributed by atoms with Gasteiger partial charge in [-0.3, -0.25) is 9.69 Å². The van der Waals surface area contributed by atoms with Crippen molar-refractivity contribution in [2.75, 3.05) is 39.3 Å². The van der Waals surface area contributed by atoms with Crippen molar-refractivity contribution in [3.05, 3.63) is 72.1 Å². The molecular formula is C22H25FN2O2. The van der Waals surface area contributed by atoms with Crippen molar-refractivity contribution < 1.29 is 13.9 Å². The Labute approximate surface area is 159 Å². The lowest BCUT2D eigenvalue weighted by atomic mass is 10.2. The summed E-state index contributed by atoms with van der Waals surface area (Å²) in [6.45, 7) is 4.45. The van der Waals surface area contributed by atoms with Crippen LogP contribution in [0.4, 0.5) is 4.39 Å². The summed E-state index contributed by atoms with van der Waals surface area (Å²) in [6.07, 6.45) is 4.64. The highest BCUT2D eigenvalue weighted by atomic mass is 19.1. The highest BCUT2D eigenvalue weighted by Gasteiger charge is 2.20. The fourth-order valence-electron chi connectivity index (χ4n) is 3.03. The molecule has 1 fully saturated rings. The van der Waals surface area contributed by atoms with Gasteiger partial charge in [0.15, 0.2) is 0 Å². The molecule has 1 aliphatic heterocycles. The van der Waals surface area contributed by atoms with Gasteiger partial charge in [0.25, 0.3) is 0 Å². The van der Waals surface area contributed by atoms with Crippen LogP contribution in [0.1, 0.15) is 12.0 Å². The van der Waals surface area contributed by atoms with Gasteiger partial charge in [-0.25, -0.2) is 4.39 Å². The van der Waals surface area contributed by atoms with Crippen molar-refractivity contribution in [1.29, 1.82) is 0 Å². The van der Waals surface area contributed by atoms with E-state index in [1.807, 2.05) is 23.1 Å². The Morgan fingerprint density at radius 2 is 1.70 bits per heavy atom. The van der Waals surface area contributed by atoms with E-state index in [-0.39, 0.29) is 11.7 Å². The molecule has 1 saturated heterocycles. The number of rotatable bonds is 7. The molecule has 0 aromatic heterocycles. The van der Waals surface area contributed by atoms with E-state index in [0.29, 0.717) is 18.8 Å². The molecule has 27 heavy (non-hydrogen) atoms. The Bertz CT molecular complexity index is 739. The van der Waals surface area contributed by atoms with Crippen LogP contribution in [0.25, 0.3) is 6.08 Å². The molecule has 142 valence electrons. The number of halogens is 1. The first-order valence-electron chi connectivity index (χ1n) is 9.31. The molecule has 4 nitrogen and oxygen atoms in total. The molecule has 0 bridgehead atoms. The summed E-state index contributed by atoms with van der Waals surface area (Å²) in [4.78, 5) is 16.5. The topological polar surface area (TPSA) is 32.8 Å². The van der Waals surface area contributed by atoms with Gasteiger partial charge in [-0.2, -0.15) is 0 Å². The summed E-state index contributed by atoms with van der Waals surface area (Å²) < 4.78 is 18.4. The van der Waals surface area contributed by atoms with Gasteiger partial charge in [0.1, 0.15) is 11.6 Å². The lowest BCUT2D eigenvalue weighted by Crippen LogP contribution is -2.48. The van der Waals surface area contributed by atoms with Crippen LogP contribution in [0.2, 0.25) is 0 Å². The van der Waals surface area contributed by atoms with Crippen LogP contribution < -0.4 is 4.74 Å². The minimum absolute atomic E-state index is 0.108. The minimum Gasteiger partial charge on any atom is -0.493 e. The number of ether oxygens (including phenoxy) is 1. The summed E-state index contributed by atoms with van der Waals surface area (Å²) in [5.74, 6) is 0.394. The van der Waals surface area contributed by atoms with E-state index < -0.39 is 0 Å². The van der Waals surface area contributed by atoms with Crippen molar-refractivity contribution in [3.8, 4) is 5.75 Å². The maximum atomic E-state index is 12.9. The summed E-state index contributed by atoms with van der Waals surface area (Å²) in [5, 5.41) is 0. The Balaban J connectivity index is 1.34. The fraction of sp³-hybridized carbons (Fsp3) is 0.318. The van der Waals surface area contributed by atoms with Gasteiger partial charge >= 0.3 is 0 Å². The van der Waals surface area contributed by atoms with Gasteiger partial charge in [-0.15, -0.1) is 0 Å². The number of nitrogens with zero attached hydrogens (tertiary/aromatic N) is 2. The molecule has 0 atom stereocenters. The van der Waals surface area contributed by atoms with Gasteiger partial charge in [-0.1, -0.05) is 42.5 Å². The second kappa shape index (κ2) is 9.88. The number of benzene rings is 2. The minimum atomic E-state index is -0.296. The molecule has 2 aromatic carbocycles. The summed E-state index contributed by atoms with van der Waals surface area (Å²) >= 11 is 0. The van der Waals surface area contributed by atoms with Crippen LogP contribution >= 0.6 is 0 Å². The maximum Gasteiger partial charge on any atom is 0.226 e. The first kappa shape index (κ1) is 19.1. The molecule has 0 saturated carbocycles. The zero-order chi connectivity index (χ0) is 18.9. The van der Waals surface area contributed by atoms with E-state index in [1.165, 1.54) is 17.7 Å². The summed E-state index contributed by atoms with van der Waals surface area (Å²) in [7, 11) is 0. The van der Waals surface area contributed by atoms with Gasteiger partial charge in [-0.05, 0) is 29.8 Å². The summed E-state index contributed by atoms with van der Waals surface area (Å²) in [6, 6.07) is 16.1. The molecule has 2 aromatic rings. The molecule has 3 rings (SSSR count). The molecule has 1 aliphatic rings. The van der Waals surface area contributed by atoms with E-state index in [2.05, 4.69) is 29.2 Å². The number of hydrogen-bond acceptors (Lipinski definition) is 3.